The lowest BCUT2D eigenvalue weighted by atomic mass is 10.2. The van der Waals surface area contributed by atoms with E-state index in [1.807, 2.05) is 6.07 Å². The second kappa shape index (κ2) is 7.00. The molecule has 0 aromatic heterocycles. The monoisotopic (exact) mass is 309 g/mol. The van der Waals surface area contributed by atoms with E-state index >= 15 is 0 Å². The Hall–Kier alpha value is -3.46. The van der Waals surface area contributed by atoms with Gasteiger partial charge < -0.3 is 20.8 Å². The molecule has 0 fully saturated rings. The SMILES string of the molecule is Cc1cc(O)ccc1N/C=C(/C#N)C(=O)Nc1ccc(O)cc1. The molecule has 6 nitrogen and oxygen atoms in total. The number of hydrogen-bond donors (Lipinski definition) is 4. The Kier molecular flexibility index (Phi) is 4.85. The molecule has 0 aliphatic rings. The van der Waals surface area contributed by atoms with E-state index in [0.29, 0.717) is 11.4 Å². The van der Waals surface area contributed by atoms with Crippen LogP contribution in [0.25, 0.3) is 0 Å². The number of aryl methyl sites for hydroxylation is 1. The predicted molar refractivity (Wildman–Crippen MR) is 86.9 cm³/mol. The van der Waals surface area contributed by atoms with Crippen molar-refractivity contribution in [3.63, 3.8) is 0 Å². The van der Waals surface area contributed by atoms with E-state index in [9.17, 15) is 15.0 Å². The molecule has 0 bridgehead atoms. The number of nitriles is 1. The predicted octanol–water partition coefficient (Wildman–Crippen LogP) is 2.86. The number of anilines is 2. The number of carbonyl (C=O) groups excluding carboxylic acids is 1. The molecule has 0 radical (unpaired) electrons. The van der Waals surface area contributed by atoms with Crippen LogP contribution in [-0.2, 0) is 4.79 Å². The summed E-state index contributed by atoms with van der Waals surface area (Å²) in [7, 11) is 0. The minimum atomic E-state index is -0.567. The van der Waals surface area contributed by atoms with Gasteiger partial charge in [0, 0.05) is 17.6 Å². The summed E-state index contributed by atoms with van der Waals surface area (Å²) < 4.78 is 0. The third kappa shape index (κ3) is 4.25. The van der Waals surface area contributed by atoms with Crippen LogP contribution in [0, 0.1) is 18.3 Å². The molecule has 23 heavy (non-hydrogen) atoms. The minimum Gasteiger partial charge on any atom is -0.508 e. The Morgan fingerprint density at radius 3 is 2.39 bits per heavy atom. The van der Waals surface area contributed by atoms with Crippen molar-refractivity contribution in [2.75, 3.05) is 10.6 Å². The lowest BCUT2D eigenvalue weighted by Crippen LogP contribution is -2.14. The van der Waals surface area contributed by atoms with Crippen molar-refractivity contribution < 1.29 is 15.0 Å². The molecule has 0 heterocycles. The van der Waals surface area contributed by atoms with Crippen molar-refractivity contribution in [1.82, 2.24) is 0 Å². The quantitative estimate of drug-likeness (QED) is 0.395. The first-order chi connectivity index (χ1) is 11.0. The summed E-state index contributed by atoms with van der Waals surface area (Å²) in [5.74, 6) is -0.340. The Morgan fingerprint density at radius 1 is 1.13 bits per heavy atom. The zero-order valence-corrected chi connectivity index (χ0v) is 12.4. The number of phenolic OH excluding ortho intramolecular Hbond substituents is 2. The molecule has 0 unspecified atom stereocenters. The van der Waals surface area contributed by atoms with E-state index in [-0.39, 0.29) is 17.1 Å². The molecule has 0 aliphatic heterocycles. The van der Waals surface area contributed by atoms with E-state index in [0.717, 1.165) is 5.56 Å². The van der Waals surface area contributed by atoms with Gasteiger partial charge >= 0.3 is 0 Å². The lowest BCUT2D eigenvalue weighted by molar-refractivity contribution is -0.112. The highest BCUT2D eigenvalue weighted by atomic mass is 16.3. The molecule has 0 atom stereocenters. The first-order valence-corrected chi connectivity index (χ1v) is 6.76. The second-order valence-electron chi connectivity index (χ2n) is 4.81. The number of hydrogen-bond acceptors (Lipinski definition) is 5. The number of nitrogens with zero attached hydrogens (tertiary/aromatic N) is 1. The number of aromatic hydroxyl groups is 2. The second-order valence-corrected chi connectivity index (χ2v) is 4.81. The molecule has 4 N–H and O–H groups in total. The van der Waals surface area contributed by atoms with E-state index in [1.54, 1.807) is 19.1 Å². The van der Waals surface area contributed by atoms with Crippen LogP contribution in [0.15, 0.2) is 54.2 Å². The van der Waals surface area contributed by atoms with Gasteiger partial charge in [-0.15, -0.1) is 0 Å². The summed E-state index contributed by atoms with van der Waals surface area (Å²) in [5, 5.41) is 33.1. The molecule has 0 aliphatic carbocycles. The van der Waals surface area contributed by atoms with Crippen LogP contribution in [0.2, 0.25) is 0 Å². The van der Waals surface area contributed by atoms with E-state index in [1.165, 1.54) is 36.5 Å². The van der Waals surface area contributed by atoms with Gasteiger partial charge in [0.1, 0.15) is 23.1 Å². The van der Waals surface area contributed by atoms with Gasteiger partial charge in [0.2, 0.25) is 0 Å². The Balaban J connectivity index is 2.10. The summed E-state index contributed by atoms with van der Waals surface area (Å²) in [6.07, 6.45) is 1.30. The summed E-state index contributed by atoms with van der Waals surface area (Å²) in [6, 6.07) is 12.5. The number of phenols is 2. The summed E-state index contributed by atoms with van der Waals surface area (Å²) in [4.78, 5) is 12.0. The number of carbonyl (C=O) groups is 1. The van der Waals surface area contributed by atoms with Crippen LogP contribution in [-0.4, -0.2) is 16.1 Å². The van der Waals surface area contributed by atoms with Crippen LogP contribution in [0.3, 0.4) is 0 Å². The van der Waals surface area contributed by atoms with Crippen molar-refractivity contribution in [2.45, 2.75) is 6.92 Å². The van der Waals surface area contributed by atoms with Crippen LogP contribution in [0.4, 0.5) is 11.4 Å². The fourth-order valence-corrected chi connectivity index (χ4v) is 1.85. The zero-order chi connectivity index (χ0) is 16.8. The van der Waals surface area contributed by atoms with E-state index < -0.39 is 5.91 Å². The van der Waals surface area contributed by atoms with Gasteiger partial charge in [-0.2, -0.15) is 5.26 Å². The molecule has 1 amide bonds. The molecule has 116 valence electrons. The fraction of sp³-hybridized carbons (Fsp3) is 0.0588. The first-order valence-electron chi connectivity index (χ1n) is 6.76. The average molecular weight is 309 g/mol. The topological polar surface area (TPSA) is 105 Å². The van der Waals surface area contributed by atoms with Crippen LogP contribution < -0.4 is 10.6 Å². The smallest absolute Gasteiger partial charge is 0.267 e. The van der Waals surface area contributed by atoms with Crippen LogP contribution in [0.1, 0.15) is 5.56 Å². The highest BCUT2D eigenvalue weighted by molar-refractivity contribution is 6.06. The Morgan fingerprint density at radius 2 is 1.78 bits per heavy atom. The summed E-state index contributed by atoms with van der Waals surface area (Å²) in [6.45, 7) is 1.79. The van der Waals surface area contributed by atoms with E-state index in [4.69, 9.17) is 5.26 Å². The van der Waals surface area contributed by atoms with Gasteiger partial charge in [-0.25, -0.2) is 0 Å². The molecule has 2 rings (SSSR count). The van der Waals surface area contributed by atoms with E-state index in [2.05, 4.69) is 10.6 Å². The highest BCUT2D eigenvalue weighted by Crippen LogP contribution is 2.20. The van der Waals surface area contributed by atoms with Gasteiger partial charge in [0.05, 0.1) is 0 Å². The molecule has 0 spiro atoms. The first kappa shape index (κ1) is 15.9. The maximum absolute atomic E-state index is 12.0. The molecule has 0 saturated carbocycles. The molecular formula is C17H15N3O3. The minimum absolute atomic E-state index is 0.0866. The Labute approximate surface area is 133 Å². The third-order valence-electron chi connectivity index (χ3n) is 3.07. The Bertz CT molecular complexity index is 790. The van der Waals surface area contributed by atoms with Gasteiger partial charge in [-0.1, -0.05) is 0 Å². The van der Waals surface area contributed by atoms with Crippen LogP contribution in [0.5, 0.6) is 11.5 Å². The number of nitrogens with one attached hydrogen (secondary N) is 2. The van der Waals surface area contributed by atoms with Crippen molar-refractivity contribution in [3.8, 4) is 17.6 Å². The van der Waals surface area contributed by atoms with Gasteiger partial charge in [0.15, 0.2) is 0 Å². The molecule has 2 aromatic rings. The van der Waals surface area contributed by atoms with Crippen LogP contribution >= 0.6 is 0 Å². The zero-order valence-electron chi connectivity index (χ0n) is 12.4. The van der Waals surface area contributed by atoms with Crippen molar-refractivity contribution in [2.24, 2.45) is 0 Å². The molecule has 2 aromatic carbocycles. The number of rotatable bonds is 4. The molecule has 6 heteroatoms. The third-order valence-corrected chi connectivity index (χ3v) is 3.07. The standard InChI is InChI=1S/C17H15N3O3/c1-11-8-15(22)6-7-16(11)19-10-12(9-18)17(23)20-13-2-4-14(21)5-3-13/h2-8,10,19,21-22H,1H3,(H,20,23)/b12-10-. The van der Waals surface area contributed by atoms with Crippen molar-refractivity contribution >= 4 is 17.3 Å². The maximum Gasteiger partial charge on any atom is 0.267 e. The summed E-state index contributed by atoms with van der Waals surface area (Å²) in [5.41, 5.74) is 1.81. The fourth-order valence-electron chi connectivity index (χ4n) is 1.85. The highest BCUT2D eigenvalue weighted by Gasteiger charge is 2.09. The molecular weight excluding hydrogens is 294 g/mol. The van der Waals surface area contributed by atoms with Crippen molar-refractivity contribution in [1.29, 1.82) is 5.26 Å². The van der Waals surface area contributed by atoms with Crippen molar-refractivity contribution in [3.05, 3.63) is 59.8 Å². The van der Waals surface area contributed by atoms with Gasteiger partial charge in [-0.3, -0.25) is 4.79 Å². The van der Waals surface area contributed by atoms with Gasteiger partial charge in [0.25, 0.3) is 5.91 Å². The summed E-state index contributed by atoms with van der Waals surface area (Å²) >= 11 is 0. The maximum atomic E-state index is 12.0. The van der Waals surface area contributed by atoms with Gasteiger partial charge in [-0.05, 0) is 55.0 Å². The number of amides is 1. The molecule has 0 saturated heterocycles. The number of benzene rings is 2. The normalized spacial score (nSPS) is 10.7. The largest absolute Gasteiger partial charge is 0.508 e. The lowest BCUT2D eigenvalue weighted by Gasteiger charge is -2.07. The average Bonchev–Trinajstić information content (AvgIpc) is 2.52.